The minimum Gasteiger partial charge on any atom is -0.478 e. The summed E-state index contributed by atoms with van der Waals surface area (Å²) >= 11 is 1.22. The van der Waals surface area contributed by atoms with E-state index in [9.17, 15) is 23.1 Å². The number of rotatable bonds is 5. The number of carboxylic acids is 1. The average molecular weight is 305 g/mol. The summed E-state index contributed by atoms with van der Waals surface area (Å²) in [4.78, 5) is 13.0. The van der Waals surface area contributed by atoms with Crippen LogP contribution in [0, 0.1) is 0 Å². The first-order valence-corrected chi connectivity index (χ1v) is 7.29. The molecule has 1 fully saturated rings. The molecule has 7 heteroatoms. The molecule has 1 aromatic carbocycles. The molecule has 0 atom stereocenters. The lowest BCUT2D eigenvalue weighted by Crippen LogP contribution is -2.37. The summed E-state index contributed by atoms with van der Waals surface area (Å²) in [6, 6.07) is 4.44. The highest BCUT2D eigenvalue weighted by molar-refractivity contribution is 7.98. The highest BCUT2D eigenvalue weighted by Gasteiger charge is 2.39. The van der Waals surface area contributed by atoms with Crippen LogP contribution in [0.15, 0.2) is 23.1 Å². The summed E-state index contributed by atoms with van der Waals surface area (Å²) in [7, 11) is 0. The molecule has 1 aliphatic carbocycles. The molecule has 0 saturated heterocycles. The van der Waals surface area contributed by atoms with Gasteiger partial charge in [-0.25, -0.2) is 4.79 Å². The molecule has 110 valence electrons. The second-order valence-corrected chi connectivity index (χ2v) is 5.48. The number of carbonyl (C=O) groups is 1. The number of benzene rings is 1. The van der Waals surface area contributed by atoms with Crippen molar-refractivity contribution in [2.24, 2.45) is 0 Å². The third kappa shape index (κ3) is 3.39. The minimum atomic E-state index is -4.35. The molecule has 0 bridgehead atoms. The van der Waals surface area contributed by atoms with Crippen LogP contribution in [0.5, 0.6) is 0 Å². The summed E-state index contributed by atoms with van der Waals surface area (Å²) in [5.41, 5.74) is 0.111. The zero-order chi connectivity index (χ0) is 14.9. The van der Waals surface area contributed by atoms with E-state index < -0.39 is 18.7 Å². The van der Waals surface area contributed by atoms with Crippen molar-refractivity contribution in [2.75, 3.05) is 17.7 Å². The van der Waals surface area contributed by atoms with Crippen LogP contribution in [0.1, 0.15) is 23.2 Å². The third-order valence-corrected chi connectivity index (χ3v) is 3.86. The number of halogens is 3. The molecular weight excluding hydrogens is 291 g/mol. The molecule has 0 unspecified atom stereocenters. The Morgan fingerprint density at radius 1 is 1.45 bits per heavy atom. The molecular formula is C13H14F3NO2S. The largest absolute Gasteiger partial charge is 0.478 e. The smallest absolute Gasteiger partial charge is 0.405 e. The number of hydrogen-bond acceptors (Lipinski definition) is 3. The summed E-state index contributed by atoms with van der Waals surface area (Å²) in [6.07, 6.45) is -1.32. The maximum Gasteiger partial charge on any atom is 0.405 e. The van der Waals surface area contributed by atoms with E-state index in [0.717, 1.165) is 0 Å². The molecule has 2 rings (SSSR count). The van der Waals surface area contributed by atoms with Gasteiger partial charge in [-0.05, 0) is 31.2 Å². The predicted molar refractivity (Wildman–Crippen MR) is 71.6 cm³/mol. The Morgan fingerprint density at radius 3 is 2.55 bits per heavy atom. The molecule has 0 spiro atoms. The topological polar surface area (TPSA) is 40.5 Å². The second-order valence-electron chi connectivity index (χ2n) is 4.63. The van der Waals surface area contributed by atoms with Gasteiger partial charge in [0.25, 0.3) is 0 Å². The number of thioether (sulfide) groups is 1. The molecule has 1 N–H and O–H groups in total. The molecule has 0 aromatic heterocycles. The van der Waals surface area contributed by atoms with Gasteiger partial charge in [-0.3, -0.25) is 0 Å². The molecule has 1 saturated carbocycles. The van der Waals surface area contributed by atoms with Crippen LogP contribution < -0.4 is 4.90 Å². The number of nitrogens with zero attached hydrogens (tertiary/aromatic N) is 1. The van der Waals surface area contributed by atoms with Crippen LogP contribution >= 0.6 is 11.8 Å². The molecule has 0 radical (unpaired) electrons. The van der Waals surface area contributed by atoms with Gasteiger partial charge in [0, 0.05) is 10.9 Å². The molecule has 3 nitrogen and oxygen atoms in total. The van der Waals surface area contributed by atoms with Gasteiger partial charge in [0.1, 0.15) is 6.54 Å². The molecule has 1 aromatic rings. The Labute approximate surface area is 118 Å². The quantitative estimate of drug-likeness (QED) is 0.843. The Kier molecular flexibility index (Phi) is 4.17. The van der Waals surface area contributed by atoms with Crippen LogP contribution in [-0.2, 0) is 0 Å². The van der Waals surface area contributed by atoms with E-state index in [0.29, 0.717) is 17.7 Å². The van der Waals surface area contributed by atoms with Gasteiger partial charge in [-0.1, -0.05) is 6.07 Å². The summed E-state index contributed by atoms with van der Waals surface area (Å²) < 4.78 is 38.1. The van der Waals surface area contributed by atoms with Gasteiger partial charge in [0.15, 0.2) is 0 Å². The fraction of sp³-hybridized carbons (Fsp3) is 0.462. The Balaban J connectivity index is 2.45. The second kappa shape index (κ2) is 5.55. The van der Waals surface area contributed by atoms with Crippen molar-refractivity contribution in [3.05, 3.63) is 23.8 Å². The van der Waals surface area contributed by atoms with E-state index in [4.69, 9.17) is 0 Å². The standard InChI is InChI=1S/C13H14F3NO2S/c1-20-10-4-2-3-9(11(10)12(18)19)17(8-5-6-8)7-13(14,15)16/h2-4,8H,5-7H2,1H3,(H,18,19). The first-order valence-electron chi connectivity index (χ1n) is 6.07. The van der Waals surface area contributed by atoms with Crippen molar-refractivity contribution in [3.63, 3.8) is 0 Å². The number of aromatic carboxylic acids is 1. The fourth-order valence-electron chi connectivity index (χ4n) is 2.13. The number of carboxylic acid groups (broad SMARTS) is 1. The van der Waals surface area contributed by atoms with Gasteiger partial charge in [0.2, 0.25) is 0 Å². The molecule has 0 aliphatic heterocycles. The molecule has 1 aliphatic rings. The highest BCUT2D eigenvalue weighted by atomic mass is 32.2. The maximum atomic E-state index is 12.7. The lowest BCUT2D eigenvalue weighted by atomic mass is 10.1. The van der Waals surface area contributed by atoms with Gasteiger partial charge >= 0.3 is 12.1 Å². The zero-order valence-electron chi connectivity index (χ0n) is 10.8. The van der Waals surface area contributed by atoms with Crippen molar-refractivity contribution in [2.45, 2.75) is 30.0 Å². The van der Waals surface area contributed by atoms with Gasteiger partial charge in [0.05, 0.1) is 11.3 Å². The summed E-state index contributed by atoms with van der Waals surface area (Å²) in [6.45, 7) is -1.12. The van der Waals surface area contributed by atoms with Gasteiger partial charge < -0.3 is 10.0 Å². The van der Waals surface area contributed by atoms with Crippen LogP contribution in [0.4, 0.5) is 18.9 Å². The number of alkyl halides is 3. The van der Waals surface area contributed by atoms with Crippen molar-refractivity contribution < 1.29 is 23.1 Å². The van der Waals surface area contributed by atoms with Crippen LogP contribution in [0.3, 0.4) is 0 Å². The predicted octanol–water partition coefficient (Wildman–Crippen LogP) is 3.64. The lowest BCUT2D eigenvalue weighted by molar-refractivity contribution is -0.120. The Bertz CT molecular complexity index is 515. The van der Waals surface area contributed by atoms with Crippen molar-refractivity contribution >= 4 is 23.4 Å². The van der Waals surface area contributed by atoms with Crippen molar-refractivity contribution in [1.29, 1.82) is 0 Å². The Hall–Kier alpha value is -1.37. The number of hydrogen-bond donors (Lipinski definition) is 1. The average Bonchev–Trinajstić information content (AvgIpc) is 3.18. The van der Waals surface area contributed by atoms with Crippen LogP contribution in [-0.4, -0.2) is 36.1 Å². The summed E-state index contributed by atoms with van der Waals surface area (Å²) in [5, 5.41) is 9.31. The zero-order valence-corrected chi connectivity index (χ0v) is 11.6. The van der Waals surface area contributed by atoms with Crippen LogP contribution in [0.2, 0.25) is 0 Å². The van der Waals surface area contributed by atoms with Crippen molar-refractivity contribution in [1.82, 2.24) is 0 Å². The highest BCUT2D eigenvalue weighted by Crippen LogP contribution is 2.38. The first-order chi connectivity index (χ1) is 9.33. The Morgan fingerprint density at radius 2 is 2.10 bits per heavy atom. The fourth-order valence-corrected chi connectivity index (χ4v) is 2.74. The normalized spacial score (nSPS) is 15.2. The first kappa shape index (κ1) is 15.0. The van der Waals surface area contributed by atoms with Gasteiger partial charge in [-0.15, -0.1) is 11.8 Å². The molecule has 0 heterocycles. The van der Waals surface area contributed by atoms with Crippen molar-refractivity contribution in [3.8, 4) is 0 Å². The van der Waals surface area contributed by atoms with Gasteiger partial charge in [-0.2, -0.15) is 13.2 Å². The van der Waals surface area contributed by atoms with E-state index in [1.54, 1.807) is 18.4 Å². The maximum absolute atomic E-state index is 12.7. The molecule has 20 heavy (non-hydrogen) atoms. The van der Waals surface area contributed by atoms with Crippen LogP contribution in [0.25, 0.3) is 0 Å². The number of anilines is 1. The van der Waals surface area contributed by atoms with E-state index >= 15 is 0 Å². The minimum absolute atomic E-state index is 0.0452. The van der Waals surface area contributed by atoms with E-state index in [1.165, 1.54) is 22.7 Å². The molecule has 0 amide bonds. The lowest BCUT2D eigenvalue weighted by Gasteiger charge is -2.27. The summed E-state index contributed by atoms with van der Waals surface area (Å²) in [5.74, 6) is -1.20. The monoisotopic (exact) mass is 305 g/mol. The van der Waals surface area contributed by atoms with E-state index in [2.05, 4.69) is 0 Å². The third-order valence-electron chi connectivity index (χ3n) is 3.08. The SMILES string of the molecule is CSc1cccc(N(CC(F)(F)F)C2CC2)c1C(=O)O. The van der Waals surface area contributed by atoms with E-state index in [1.807, 2.05) is 0 Å². The van der Waals surface area contributed by atoms with E-state index in [-0.39, 0.29) is 17.3 Å².